The van der Waals surface area contributed by atoms with Gasteiger partial charge >= 0.3 is 0 Å². The number of nitrogens with one attached hydrogen (secondary N) is 1. The lowest BCUT2D eigenvalue weighted by Gasteiger charge is -2.12. The number of carbonyl (C=O) groups is 1. The number of non-ortho nitro benzene ring substituents is 1. The van der Waals surface area contributed by atoms with Crippen LogP contribution in [0.2, 0.25) is 0 Å². The number of nitrogens with zero attached hydrogens (tertiary/aromatic N) is 1. The molecule has 0 radical (unpaired) electrons. The Balaban J connectivity index is 2.50. The summed E-state index contributed by atoms with van der Waals surface area (Å²) in [5.74, 6) is -0.134. The van der Waals surface area contributed by atoms with Crippen LogP contribution in [0.4, 0.5) is 11.4 Å². The molecule has 0 aromatic heterocycles. The van der Waals surface area contributed by atoms with Crippen molar-refractivity contribution in [2.75, 3.05) is 5.32 Å². The van der Waals surface area contributed by atoms with Gasteiger partial charge in [0.15, 0.2) is 0 Å². The number of anilines is 1. The summed E-state index contributed by atoms with van der Waals surface area (Å²) in [4.78, 5) is 21.5. The highest BCUT2D eigenvalue weighted by molar-refractivity contribution is 5.90. The van der Waals surface area contributed by atoms with Gasteiger partial charge in [-0.1, -0.05) is 6.07 Å². The van der Waals surface area contributed by atoms with Crippen LogP contribution in [0.15, 0.2) is 36.4 Å². The molecule has 0 aliphatic carbocycles. The summed E-state index contributed by atoms with van der Waals surface area (Å²) in [5.41, 5.74) is 4.53. The number of hydrogen-bond donors (Lipinski definition) is 1. The zero-order chi connectivity index (χ0) is 15.6. The van der Waals surface area contributed by atoms with Crippen molar-refractivity contribution in [3.8, 4) is 11.1 Å². The molecule has 21 heavy (non-hydrogen) atoms. The third-order valence-corrected chi connectivity index (χ3v) is 3.27. The van der Waals surface area contributed by atoms with Gasteiger partial charge in [0.05, 0.1) is 4.92 Å². The maximum Gasteiger partial charge on any atom is 0.269 e. The first-order valence-corrected chi connectivity index (χ1v) is 6.52. The van der Waals surface area contributed by atoms with Gasteiger partial charge in [-0.25, -0.2) is 0 Å². The molecule has 108 valence electrons. The summed E-state index contributed by atoms with van der Waals surface area (Å²) in [6.07, 6.45) is 0. The molecule has 5 heteroatoms. The van der Waals surface area contributed by atoms with Gasteiger partial charge in [-0.05, 0) is 54.3 Å². The summed E-state index contributed by atoms with van der Waals surface area (Å²) in [6, 6.07) is 10.4. The van der Waals surface area contributed by atoms with E-state index >= 15 is 0 Å². The van der Waals surface area contributed by atoms with Crippen LogP contribution in [-0.2, 0) is 4.79 Å². The maximum atomic E-state index is 11.1. The molecule has 1 N–H and O–H groups in total. The molecule has 0 atom stereocenters. The second-order valence-electron chi connectivity index (χ2n) is 4.97. The fourth-order valence-corrected chi connectivity index (χ4v) is 2.26. The zero-order valence-corrected chi connectivity index (χ0v) is 12.1. The summed E-state index contributed by atoms with van der Waals surface area (Å²) >= 11 is 0. The van der Waals surface area contributed by atoms with Crippen LogP contribution in [0.5, 0.6) is 0 Å². The van der Waals surface area contributed by atoms with E-state index in [0.717, 1.165) is 22.3 Å². The standard InChI is InChI=1S/C16H16N2O3/c1-10-4-5-13(17-12(3)19)9-16(10)15-7-6-14(18(20)21)8-11(15)2/h4-9H,1-3H3,(H,17,19). The summed E-state index contributed by atoms with van der Waals surface area (Å²) in [6.45, 7) is 5.26. The van der Waals surface area contributed by atoms with Crippen LogP contribution in [0, 0.1) is 24.0 Å². The predicted molar refractivity (Wildman–Crippen MR) is 82.3 cm³/mol. The van der Waals surface area contributed by atoms with Gasteiger partial charge in [0, 0.05) is 24.7 Å². The van der Waals surface area contributed by atoms with Crippen molar-refractivity contribution >= 4 is 17.3 Å². The normalized spacial score (nSPS) is 10.2. The average molecular weight is 284 g/mol. The molecule has 5 nitrogen and oxygen atoms in total. The second-order valence-corrected chi connectivity index (χ2v) is 4.97. The van der Waals surface area contributed by atoms with E-state index in [1.54, 1.807) is 12.1 Å². The topological polar surface area (TPSA) is 72.2 Å². The maximum absolute atomic E-state index is 11.1. The molecule has 0 aliphatic heterocycles. The number of benzene rings is 2. The Bertz CT molecular complexity index is 723. The zero-order valence-electron chi connectivity index (χ0n) is 12.1. The van der Waals surface area contributed by atoms with E-state index in [0.29, 0.717) is 5.69 Å². The number of carbonyl (C=O) groups excluding carboxylic acids is 1. The van der Waals surface area contributed by atoms with Crippen molar-refractivity contribution in [2.45, 2.75) is 20.8 Å². The van der Waals surface area contributed by atoms with Gasteiger partial charge in [0.25, 0.3) is 5.69 Å². The van der Waals surface area contributed by atoms with Gasteiger partial charge in [-0.15, -0.1) is 0 Å². The minimum absolute atomic E-state index is 0.0759. The highest BCUT2D eigenvalue weighted by Crippen LogP contribution is 2.31. The molecule has 0 saturated heterocycles. The smallest absolute Gasteiger partial charge is 0.269 e. The minimum Gasteiger partial charge on any atom is -0.326 e. The molecule has 0 spiro atoms. The Morgan fingerprint density at radius 3 is 2.33 bits per heavy atom. The third-order valence-electron chi connectivity index (χ3n) is 3.27. The van der Waals surface area contributed by atoms with E-state index in [-0.39, 0.29) is 11.6 Å². The van der Waals surface area contributed by atoms with Crippen molar-refractivity contribution in [1.29, 1.82) is 0 Å². The quantitative estimate of drug-likeness (QED) is 0.687. The lowest BCUT2D eigenvalue weighted by atomic mass is 9.95. The fraction of sp³-hybridized carbons (Fsp3) is 0.188. The molecule has 0 heterocycles. The van der Waals surface area contributed by atoms with Crippen molar-refractivity contribution < 1.29 is 9.72 Å². The van der Waals surface area contributed by atoms with E-state index in [4.69, 9.17) is 0 Å². The van der Waals surface area contributed by atoms with Crippen molar-refractivity contribution in [3.63, 3.8) is 0 Å². The Hall–Kier alpha value is -2.69. The lowest BCUT2D eigenvalue weighted by Crippen LogP contribution is -2.05. The Morgan fingerprint density at radius 2 is 1.76 bits per heavy atom. The van der Waals surface area contributed by atoms with Gasteiger partial charge in [-0.3, -0.25) is 14.9 Å². The molecular weight excluding hydrogens is 268 g/mol. The van der Waals surface area contributed by atoms with Crippen molar-refractivity contribution in [2.24, 2.45) is 0 Å². The van der Waals surface area contributed by atoms with Gasteiger partial charge in [0.1, 0.15) is 0 Å². The van der Waals surface area contributed by atoms with Crippen LogP contribution in [0.25, 0.3) is 11.1 Å². The summed E-state index contributed by atoms with van der Waals surface area (Å²) < 4.78 is 0. The Labute approximate surface area is 122 Å². The molecule has 0 unspecified atom stereocenters. The number of nitro benzene ring substituents is 1. The molecule has 0 fully saturated rings. The average Bonchev–Trinajstić information content (AvgIpc) is 2.40. The highest BCUT2D eigenvalue weighted by Gasteiger charge is 2.11. The van der Waals surface area contributed by atoms with Gasteiger partial charge in [0.2, 0.25) is 5.91 Å². The van der Waals surface area contributed by atoms with E-state index in [1.165, 1.54) is 13.0 Å². The first-order chi connectivity index (χ1) is 9.88. The van der Waals surface area contributed by atoms with Crippen molar-refractivity contribution in [1.82, 2.24) is 0 Å². The largest absolute Gasteiger partial charge is 0.326 e. The molecule has 2 aromatic rings. The molecule has 0 aliphatic rings. The van der Waals surface area contributed by atoms with Crippen LogP contribution in [0.1, 0.15) is 18.1 Å². The monoisotopic (exact) mass is 284 g/mol. The van der Waals surface area contributed by atoms with Gasteiger partial charge in [-0.2, -0.15) is 0 Å². The number of nitro groups is 1. The van der Waals surface area contributed by atoms with Crippen LogP contribution >= 0.6 is 0 Å². The number of amides is 1. The fourth-order valence-electron chi connectivity index (χ4n) is 2.26. The molecule has 1 amide bonds. The number of aryl methyl sites for hydroxylation is 2. The molecule has 2 rings (SSSR count). The number of hydrogen-bond acceptors (Lipinski definition) is 3. The lowest BCUT2D eigenvalue weighted by molar-refractivity contribution is -0.384. The first kappa shape index (κ1) is 14.7. The van der Waals surface area contributed by atoms with E-state index in [9.17, 15) is 14.9 Å². The van der Waals surface area contributed by atoms with Gasteiger partial charge < -0.3 is 5.32 Å². The Kier molecular flexibility index (Phi) is 4.03. The highest BCUT2D eigenvalue weighted by atomic mass is 16.6. The Morgan fingerprint density at radius 1 is 1.05 bits per heavy atom. The molecular formula is C16H16N2O3. The van der Waals surface area contributed by atoms with Crippen molar-refractivity contribution in [3.05, 3.63) is 57.6 Å². The van der Waals surface area contributed by atoms with E-state index in [1.807, 2.05) is 32.0 Å². The van der Waals surface area contributed by atoms with E-state index < -0.39 is 4.92 Å². The van der Waals surface area contributed by atoms with Crippen LogP contribution in [-0.4, -0.2) is 10.8 Å². The van der Waals surface area contributed by atoms with Crippen LogP contribution < -0.4 is 5.32 Å². The molecule has 0 bridgehead atoms. The van der Waals surface area contributed by atoms with Crippen LogP contribution in [0.3, 0.4) is 0 Å². The SMILES string of the molecule is CC(=O)Nc1ccc(C)c(-c2ccc([N+](=O)[O-])cc2C)c1. The molecule has 2 aromatic carbocycles. The van der Waals surface area contributed by atoms with E-state index in [2.05, 4.69) is 5.32 Å². The number of rotatable bonds is 3. The summed E-state index contributed by atoms with van der Waals surface area (Å²) in [5, 5.41) is 13.5. The minimum atomic E-state index is -0.405. The second kappa shape index (κ2) is 5.75. The predicted octanol–water partition coefficient (Wildman–Crippen LogP) is 3.84. The third kappa shape index (κ3) is 3.25. The molecule has 0 saturated carbocycles. The summed E-state index contributed by atoms with van der Waals surface area (Å²) in [7, 11) is 0. The first-order valence-electron chi connectivity index (χ1n) is 6.52.